The minimum absolute atomic E-state index is 0.108. The molecule has 0 spiro atoms. The molecule has 0 saturated carbocycles. The van der Waals surface area contributed by atoms with Crippen LogP contribution in [-0.2, 0) is 0 Å². The fraction of sp³-hybridized carbons (Fsp3) is 0.526. The molecule has 4 nitrogen and oxygen atoms in total. The molecule has 3 atom stereocenters. The van der Waals surface area contributed by atoms with Gasteiger partial charge in [-0.3, -0.25) is 4.98 Å². The summed E-state index contributed by atoms with van der Waals surface area (Å²) in [6, 6.07) is 7.85. The van der Waals surface area contributed by atoms with Crippen molar-refractivity contribution in [1.29, 1.82) is 0 Å². The Bertz CT molecular complexity index is 657. The summed E-state index contributed by atoms with van der Waals surface area (Å²) in [5, 5.41) is 15.4. The third-order valence-electron chi connectivity index (χ3n) is 4.93. The van der Waals surface area contributed by atoms with Crippen LogP contribution in [0.4, 0.5) is 0 Å². The lowest BCUT2D eigenvalue weighted by molar-refractivity contribution is 0.0979. The number of nitrogens with zero attached hydrogens (tertiary/aromatic N) is 1. The summed E-state index contributed by atoms with van der Waals surface area (Å²) < 4.78 is 5.33. The Morgan fingerprint density at radius 2 is 2.26 bits per heavy atom. The van der Waals surface area contributed by atoms with Crippen molar-refractivity contribution in [2.75, 3.05) is 13.7 Å². The first-order valence-electron chi connectivity index (χ1n) is 8.57. The Balaban J connectivity index is 1.89. The Morgan fingerprint density at radius 3 is 3.04 bits per heavy atom. The first kappa shape index (κ1) is 16.2. The van der Waals surface area contributed by atoms with E-state index in [9.17, 15) is 5.11 Å². The summed E-state index contributed by atoms with van der Waals surface area (Å²) in [4.78, 5) is 4.40. The molecule has 1 aromatic heterocycles. The summed E-state index contributed by atoms with van der Waals surface area (Å²) in [7, 11) is 1.66. The molecule has 1 fully saturated rings. The average molecular weight is 314 g/mol. The molecule has 4 heteroatoms. The third kappa shape index (κ3) is 3.48. The fourth-order valence-corrected chi connectivity index (χ4v) is 3.69. The molecule has 0 amide bonds. The molecular formula is C19H26N2O2. The molecule has 0 radical (unpaired) electrons. The van der Waals surface area contributed by atoms with Crippen molar-refractivity contribution < 1.29 is 9.84 Å². The SMILES string of the molecule is CCC[C@@H]1CCNC([C@H](O)c2ccnc3ccc(OC)cc23)C1. The van der Waals surface area contributed by atoms with Crippen LogP contribution in [0.3, 0.4) is 0 Å². The molecule has 1 unspecified atom stereocenters. The summed E-state index contributed by atoms with van der Waals surface area (Å²) >= 11 is 0. The van der Waals surface area contributed by atoms with Gasteiger partial charge < -0.3 is 15.2 Å². The number of ether oxygens (including phenoxy) is 1. The van der Waals surface area contributed by atoms with E-state index < -0.39 is 6.10 Å². The van der Waals surface area contributed by atoms with E-state index in [1.165, 1.54) is 19.3 Å². The largest absolute Gasteiger partial charge is 0.497 e. The minimum Gasteiger partial charge on any atom is -0.497 e. The van der Waals surface area contributed by atoms with Crippen LogP contribution < -0.4 is 10.1 Å². The quantitative estimate of drug-likeness (QED) is 0.887. The molecular weight excluding hydrogens is 288 g/mol. The van der Waals surface area contributed by atoms with Crippen LogP contribution in [0.25, 0.3) is 10.9 Å². The van der Waals surface area contributed by atoms with E-state index in [-0.39, 0.29) is 6.04 Å². The van der Waals surface area contributed by atoms with Crippen LogP contribution in [0, 0.1) is 5.92 Å². The number of piperidine rings is 1. The monoisotopic (exact) mass is 314 g/mol. The van der Waals surface area contributed by atoms with Crippen LogP contribution in [0.15, 0.2) is 30.5 Å². The van der Waals surface area contributed by atoms with Gasteiger partial charge in [0.05, 0.1) is 18.7 Å². The first-order valence-corrected chi connectivity index (χ1v) is 8.57. The number of hydrogen-bond donors (Lipinski definition) is 2. The molecule has 1 saturated heterocycles. The van der Waals surface area contributed by atoms with Crippen molar-refractivity contribution in [2.24, 2.45) is 5.92 Å². The third-order valence-corrected chi connectivity index (χ3v) is 4.93. The first-order chi connectivity index (χ1) is 11.2. The lowest BCUT2D eigenvalue weighted by atomic mass is 9.84. The van der Waals surface area contributed by atoms with Crippen molar-refractivity contribution >= 4 is 10.9 Å². The van der Waals surface area contributed by atoms with Crippen LogP contribution in [0.2, 0.25) is 0 Å². The Morgan fingerprint density at radius 1 is 1.39 bits per heavy atom. The summed E-state index contributed by atoms with van der Waals surface area (Å²) in [6.45, 7) is 3.22. The van der Waals surface area contributed by atoms with E-state index in [1.807, 2.05) is 24.3 Å². The van der Waals surface area contributed by atoms with E-state index in [4.69, 9.17) is 4.74 Å². The highest BCUT2D eigenvalue weighted by atomic mass is 16.5. The second kappa shape index (κ2) is 7.28. The van der Waals surface area contributed by atoms with E-state index in [0.29, 0.717) is 5.92 Å². The van der Waals surface area contributed by atoms with Gasteiger partial charge in [0, 0.05) is 17.6 Å². The van der Waals surface area contributed by atoms with Gasteiger partial charge in [0.15, 0.2) is 0 Å². The maximum atomic E-state index is 11.0. The maximum absolute atomic E-state index is 11.0. The molecule has 23 heavy (non-hydrogen) atoms. The molecule has 124 valence electrons. The molecule has 2 heterocycles. The molecule has 3 rings (SSSR count). The van der Waals surface area contributed by atoms with E-state index >= 15 is 0 Å². The summed E-state index contributed by atoms with van der Waals surface area (Å²) in [6.07, 6.45) is 5.95. The lowest BCUT2D eigenvalue weighted by Gasteiger charge is -2.33. The van der Waals surface area contributed by atoms with Gasteiger partial charge in [0.2, 0.25) is 0 Å². The number of fused-ring (bicyclic) bond motifs is 1. The van der Waals surface area contributed by atoms with E-state index in [1.54, 1.807) is 13.3 Å². The Hall–Kier alpha value is -1.65. The number of pyridine rings is 1. The van der Waals surface area contributed by atoms with E-state index in [0.717, 1.165) is 35.2 Å². The van der Waals surface area contributed by atoms with Gasteiger partial charge in [-0.05, 0) is 55.1 Å². The summed E-state index contributed by atoms with van der Waals surface area (Å²) in [5.74, 6) is 1.50. The minimum atomic E-state index is -0.521. The van der Waals surface area contributed by atoms with Crippen molar-refractivity contribution in [1.82, 2.24) is 10.3 Å². The topological polar surface area (TPSA) is 54.4 Å². The van der Waals surface area contributed by atoms with Crippen LogP contribution in [0.5, 0.6) is 5.75 Å². The predicted octanol–water partition coefficient (Wildman–Crippen LogP) is 3.45. The van der Waals surface area contributed by atoms with Gasteiger partial charge in [-0.1, -0.05) is 19.8 Å². The number of aliphatic hydroxyl groups is 1. The molecule has 2 N–H and O–H groups in total. The van der Waals surface area contributed by atoms with Crippen LogP contribution in [-0.4, -0.2) is 29.8 Å². The standard InChI is InChI=1S/C19H26N2O2/c1-3-4-13-7-9-21-18(11-13)19(22)15-8-10-20-17-6-5-14(23-2)12-16(15)17/h5-6,8,10,12-13,18-19,21-22H,3-4,7,9,11H2,1-2H3/t13-,18?,19-/m1/s1. The van der Waals surface area contributed by atoms with Gasteiger partial charge in [-0.2, -0.15) is 0 Å². The highest BCUT2D eigenvalue weighted by Gasteiger charge is 2.28. The number of rotatable bonds is 5. The second-order valence-corrected chi connectivity index (χ2v) is 6.47. The molecule has 0 bridgehead atoms. The van der Waals surface area contributed by atoms with Gasteiger partial charge in [-0.25, -0.2) is 0 Å². The molecule has 1 aliphatic rings. The van der Waals surface area contributed by atoms with Crippen molar-refractivity contribution in [3.8, 4) is 5.75 Å². The molecule has 1 aromatic carbocycles. The highest BCUT2D eigenvalue weighted by Crippen LogP contribution is 2.32. The number of methoxy groups -OCH3 is 1. The zero-order chi connectivity index (χ0) is 16.2. The molecule has 2 aromatic rings. The highest BCUT2D eigenvalue weighted by molar-refractivity contribution is 5.83. The number of aromatic nitrogens is 1. The maximum Gasteiger partial charge on any atom is 0.119 e. The zero-order valence-electron chi connectivity index (χ0n) is 14.0. The smallest absolute Gasteiger partial charge is 0.119 e. The van der Waals surface area contributed by atoms with Gasteiger partial charge >= 0.3 is 0 Å². The number of aliphatic hydroxyl groups excluding tert-OH is 1. The normalized spacial score (nSPS) is 22.9. The van der Waals surface area contributed by atoms with Crippen molar-refractivity contribution in [2.45, 2.75) is 44.8 Å². The Kier molecular flexibility index (Phi) is 5.13. The zero-order valence-corrected chi connectivity index (χ0v) is 14.0. The summed E-state index contributed by atoms with van der Waals surface area (Å²) in [5.41, 5.74) is 1.83. The van der Waals surface area contributed by atoms with Crippen molar-refractivity contribution in [3.63, 3.8) is 0 Å². The van der Waals surface area contributed by atoms with Gasteiger partial charge in [0.25, 0.3) is 0 Å². The van der Waals surface area contributed by atoms with Crippen LogP contribution in [0.1, 0.15) is 44.3 Å². The lowest BCUT2D eigenvalue weighted by Crippen LogP contribution is -2.42. The molecule has 0 aliphatic carbocycles. The number of nitrogens with one attached hydrogen (secondary N) is 1. The van der Waals surface area contributed by atoms with Gasteiger partial charge in [0.1, 0.15) is 5.75 Å². The van der Waals surface area contributed by atoms with Gasteiger partial charge in [-0.15, -0.1) is 0 Å². The number of benzene rings is 1. The Labute approximate surface area is 137 Å². The average Bonchev–Trinajstić information content (AvgIpc) is 2.60. The second-order valence-electron chi connectivity index (χ2n) is 6.47. The van der Waals surface area contributed by atoms with Crippen molar-refractivity contribution in [3.05, 3.63) is 36.0 Å². The molecule has 1 aliphatic heterocycles. The predicted molar refractivity (Wildman–Crippen MR) is 92.7 cm³/mol. The number of hydrogen-bond acceptors (Lipinski definition) is 4. The van der Waals surface area contributed by atoms with E-state index in [2.05, 4.69) is 17.2 Å². The fourth-order valence-electron chi connectivity index (χ4n) is 3.69. The van der Waals surface area contributed by atoms with Crippen LogP contribution >= 0.6 is 0 Å².